The molecule has 2 aromatic rings. The molecule has 1 aromatic carbocycles. The largest absolute Gasteiger partial charge is 0.383 e. The van der Waals surface area contributed by atoms with Crippen molar-refractivity contribution in [2.75, 3.05) is 6.54 Å². The number of amides is 1. The molecule has 0 saturated carbocycles. The average molecular weight is 297 g/mol. The van der Waals surface area contributed by atoms with Crippen LogP contribution in [-0.4, -0.2) is 17.6 Å². The standard InChI is InChI=1S/C14H13F2NO2S/c1-14(19,11-6-3-7-20-11)8-17-13(18)9-4-2-5-10(15)12(9)16/h2-7,19H,8H2,1H3,(H,17,18). The van der Waals surface area contributed by atoms with E-state index in [4.69, 9.17) is 0 Å². The van der Waals surface area contributed by atoms with Gasteiger partial charge in [-0.25, -0.2) is 8.78 Å². The van der Waals surface area contributed by atoms with E-state index < -0.39 is 23.1 Å². The number of rotatable bonds is 4. The first-order valence-electron chi connectivity index (χ1n) is 5.90. The summed E-state index contributed by atoms with van der Waals surface area (Å²) in [5.41, 5.74) is -1.64. The molecule has 1 heterocycles. The third-order valence-electron chi connectivity index (χ3n) is 2.84. The van der Waals surface area contributed by atoms with Gasteiger partial charge in [0.05, 0.1) is 12.1 Å². The average Bonchev–Trinajstić information content (AvgIpc) is 2.94. The van der Waals surface area contributed by atoms with Gasteiger partial charge in [-0.3, -0.25) is 4.79 Å². The van der Waals surface area contributed by atoms with Crippen LogP contribution in [-0.2, 0) is 5.60 Å². The molecule has 0 aliphatic carbocycles. The Morgan fingerprint density at radius 2 is 2.10 bits per heavy atom. The molecule has 2 rings (SSSR count). The van der Waals surface area contributed by atoms with Gasteiger partial charge in [0, 0.05) is 4.88 Å². The number of aliphatic hydroxyl groups is 1. The Labute approximate surface area is 118 Å². The van der Waals surface area contributed by atoms with Crippen molar-refractivity contribution in [3.63, 3.8) is 0 Å². The molecule has 20 heavy (non-hydrogen) atoms. The number of carbonyl (C=O) groups is 1. The number of benzene rings is 1. The zero-order valence-corrected chi connectivity index (χ0v) is 11.5. The number of hydrogen-bond acceptors (Lipinski definition) is 3. The summed E-state index contributed by atoms with van der Waals surface area (Å²) in [6, 6.07) is 6.90. The molecule has 1 aromatic heterocycles. The van der Waals surface area contributed by atoms with E-state index in [1.54, 1.807) is 24.4 Å². The first-order chi connectivity index (χ1) is 9.42. The lowest BCUT2D eigenvalue weighted by molar-refractivity contribution is 0.0555. The highest BCUT2D eigenvalue weighted by Crippen LogP contribution is 2.24. The maximum absolute atomic E-state index is 13.4. The second-order valence-corrected chi connectivity index (χ2v) is 5.48. The van der Waals surface area contributed by atoms with Crippen molar-refractivity contribution in [3.05, 3.63) is 57.8 Å². The van der Waals surface area contributed by atoms with Crippen molar-refractivity contribution < 1.29 is 18.7 Å². The Balaban J connectivity index is 2.08. The van der Waals surface area contributed by atoms with Crippen molar-refractivity contribution in [1.29, 1.82) is 0 Å². The molecule has 1 amide bonds. The van der Waals surface area contributed by atoms with Crippen LogP contribution in [0.4, 0.5) is 8.78 Å². The van der Waals surface area contributed by atoms with E-state index in [-0.39, 0.29) is 12.1 Å². The molecule has 106 valence electrons. The van der Waals surface area contributed by atoms with E-state index in [0.29, 0.717) is 4.88 Å². The summed E-state index contributed by atoms with van der Waals surface area (Å²) >= 11 is 1.35. The molecule has 0 radical (unpaired) electrons. The van der Waals surface area contributed by atoms with E-state index >= 15 is 0 Å². The molecular formula is C14H13F2NO2S. The topological polar surface area (TPSA) is 49.3 Å². The summed E-state index contributed by atoms with van der Waals surface area (Å²) < 4.78 is 26.5. The second-order valence-electron chi connectivity index (χ2n) is 4.54. The third-order valence-corrected chi connectivity index (χ3v) is 3.96. The lowest BCUT2D eigenvalue weighted by Crippen LogP contribution is -2.38. The molecule has 6 heteroatoms. The van der Waals surface area contributed by atoms with Crippen molar-refractivity contribution in [1.82, 2.24) is 5.32 Å². The minimum atomic E-state index is -1.26. The van der Waals surface area contributed by atoms with Crippen molar-refractivity contribution >= 4 is 17.2 Å². The SMILES string of the molecule is CC(O)(CNC(=O)c1cccc(F)c1F)c1cccs1. The minimum Gasteiger partial charge on any atom is -0.383 e. The molecule has 3 nitrogen and oxygen atoms in total. The van der Waals surface area contributed by atoms with Crippen LogP contribution in [0.5, 0.6) is 0 Å². The molecule has 0 saturated heterocycles. The van der Waals surface area contributed by atoms with Gasteiger partial charge in [0.2, 0.25) is 0 Å². The summed E-state index contributed by atoms with van der Waals surface area (Å²) in [4.78, 5) is 12.5. The molecule has 0 aliphatic rings. The van der Waals surface area contributed by atoms with E-state index in [9.17, 15) is 18.7 Å². The van der Waals surface area contributed by atoms with Gasteiger partial charge in [-0.1, -0.05) is 12.1 Å². The lowest BCUT2D eigenvalue weighted by Gasteiger charge is -2.22. The number of thiophene rings is 1. The first-order valence-corrected chi connectivity index (χ1v) is 6.78. The van der Waals surface area contributed by atoms with Crippen LogP contribution in [0.2, 0.25) is 0 Å². The summed E-state index contributed by atoms with van der Waals surface area (Å²) in [5.74, 6) is -3.04. The van der Waals surface area contributed by atoms with E-state index in [1.165, 1.54) is 23.5 Å². The van der Waals surface area contributed by atoms with Gasteiger partial charge in [-0.15, -0.1) is 11.3 Å². The van der Waals surface area contributed by atoms with E-state index in [1.807, 2.05) is 0 Å². The highest BCUT2D eigenvalue weighted by molar-refractivity contribution is 7.10. The first kappa shape index (κ1) is 14.6. The van der Waals surface area contributed by atoms with Crippen molar-refractivity contribution in [2.45, 2.75) is 12.5 Å². The molecule has 0 fully saturated rings. The normalized spacial score (nSPS) is 13.8. The van der Waals surface area contributed by atoms with Crippen molar-refractivity contribution in [2.24, 2.45) is 0 Å². The quantitative estimate of drug-likeness (QED) is 0.911. The van der Waals surface area contributed by atoms with Gasteiger partial charge < -0.3 is 10.4 Å². The Morgan fingerprint density at radius 1 is 1.35 bits per heavy atom. The minimum absolute atomic E-state index is 0.0949. The molecule has 0 bridgehead atoms. The number of hydrogen-bond donors (Lipinski definition) is 2. The Morgan fingerprint density at radius 3 is 2.75 bits per heavy atom. The summed E-state index contributed by atoms with van der Waals surface area (Å²) in [6.07, 6.45) is 0. The number of carbonyl (C=O) groups excluding carboxylic acids is 1. The van der Waals surface area contributed by atoms with Gasteiger partial charge >= 0.3 is 0 Å². The van der Waals surface area contributed by atoms with E-state index in [0.717, 1.165) is 6.07 Å². The predicted octanol–water partition coefficient (Wildman–Crippen LogP) is 2.66. The van der Waals surface area contributed by atoms with Crippen LogP contribution >= 0.6 is 11.3 Å². The molecule has 2 N–H and O–H groups in total. The van der Waals surface area contributed by atoms with E-state index in [2.05, 4.69) is 5.32 Å². The highest BCUT2D eigenvalue weighted by atomic mass is 32.1. The Bertz CT molecular complexity index is 612. The Hall–Kier alpha value is -1.79. The number of nitrogens with one attached hydrogen (secondary N) is 1. The fraction of sp³-hybridized carbons (Fsp3) is 0.214. The van der Waals surface area contributed by atoms with Crippen LogP contribution in [0.25, 0.3) is 0 Å². The van der Waals surface area contributed by atoms with Crippen LogP contribution in [0.3, 0.4) is 0 Å². The van der Waals surface area contributed by atoms with Gasteiger partial charge in [0.15, 0.2) is 11.6 Å². The second kappa shape index (κ2) is 5.68. The lowest BCUT2D eigenvalue weighted by atomic mass is 10.0. The fourth-order valence-electron chi connectivity index (χ4n) is 1.70. The summed E-state index contributed by atoms with van der Waals surface area (Å²) in [6.45, 7) is 1.45. The van der Waals surface area contributed by atoms with Gasteiger partial charge in [-0.2, -0.15) is 0 Å². The van der Waals surface area contributed by atoms with Crippen molar-refractivity contribution in [3.8, 4) is 0 Å². The maximum Gasteiger partial charge on any atom is 0.254 e. The fourth-order valence-corrected chi connectivity index (χ4v) is 2.49. The molecule has 1 atom stereocenters. The van der Waals surface area contributed by atoms with Gasteiger partial charge in [0.25, 0.3) is 5.91 Å². The zero-order chi connectivity index (χ0) is 14.8. The van der Waals surface area contributed by atoms with Crippen LogP contribution in [0.15, 0.2) is 35.7 Å². The summed E-state index contributed by atoms with van der Waals surface area (Å²) in [7, 11) is 0. The maximum atomic E-state index is 13.4. The Kier molecular flexibility index (Phi) is 4.15. The molecule has 0 aliphatic heterocycles. The van der Waals surface area contributed by atoms with Gasteiger partial charge in [-0.05, 0) is 30.5 Å². The smallest absolute Gasteiger partial charge is 0.254 e. The molecule has 1 unspecified atom stereocenters. The highest BCUT2D eigenvalue weighted by Gasteiger charge is 2.25. The van der Waals surface area contributed by atoms with Crippen LogP contribution in [0.1, 0.15) is 22.2 Å². The van der Waals surface area contributed by atoms with Gasteiger partial charge in [0.1, 0.15) is 5.60 Å². The third kappa shape index (κ3) is 3.02. The molecule has 0 spiro atoms. The predicted molar refractivity (Wildman–Crippen MR) is 72.6 cm³/mol. The summed E-state index contributed by atoms with van der Waals surface area (Å²) in [5, 5.41) is 14.4. The zero-order valence-electron chi connectivity index (χ0n) is 10.7. The monoisotopic (exact) mass is 297 g/mol. The number of halogens is 2. The van der Waals surface area contributed by atoms with Crippen LogP contribution in [0, 0.1) is 11.6 Å². The molecular weight excluding hydrogens is 284 g/mol. The van der Waals surface area contributed by atoms with Crippen LogP contribution < -0.4 is 5.32 Å².